The van der Waals surface area contributed by atoms with Crippen LogP contribution in [-0.4, -0.2) is 41.6 Å². The number of urea groups is 1. The maximum absolute atomic E-state index is 12.2. The van der Waals surface area contributed by atoms with Gasteiger partial charge in [0.1, 0.15) is 0 Å². The van der Waals surface area contributed by atoms with E-state index in [1.54, 1.807) is 11.9 Å². The molecule has 0 heterocycles. The minimum atomic E-state index is -0.777. The van der Waals surface area contributed by atoms with E-state index >= 15 is 0 Å². The molecule has 1 aliphatic rings. The third-order valence-electron chi connectivity index (χ3n) is 4.78. The zero-order valence-corrected chi connectivity index (χ0v) is 13.7. The summed E-state index contributed by atoms with van der Waals surface area (Å²) < 4.78 is 0. The van der Waals surface area contributed by atoms with E-state index in [4.69, 9.17) is 0 Å². The highest BCUT2D eigenvalue weighted by Gasteiger charge is 2.39. The van der Waals surface area contributed by atoms with Crippen LogP contribution in [0.25, 0.3) is 0 Å². The van der Waals surface area contributed by atoms with Crippen molar-refractivity contribution in [3.05, 3.63) is 0 Å². The van der Waals surface area contributed by atoms with Gasteiger partial charge in [-0.1, -0.05) is 39.0 Å². The van der Waals surface area contributed by atoms with Crippen molar-refractivity contribution in [3.8, 4) is 0 Å². The van der Waals surface area contributed by atoms with E-state index < -0.39 is 11.4 Å². The lowest BCUT2D eigenvalue weighted by Crippen LogP contribution is -2.48. The first kappa shape index (κ1) is 17.8. The van der Waals surface area contributed by atoms with Crippen LogP contribution >= 0.6 is 0 Å². The van der Waals surface area contributed by atoms with Crippen LogP contribution in [0, 0.1) is 5.41 Å². The Morgan fingerprint density at radius 2 is 1.81 bits per heavy atom. The molecule has 0 aliphatic heterocycles. The van der Waals surface area contributed by atoms with E-state index in [9.17, 15) is 14.7 Å². The monoisotopic (exact) mass is 298 g/mol. The van der Waals surface area contributed by atoms with Gasteiger partial charge >= 0.3 is 12.0 Å². The van der Waals surface area contributed by atoms with Gasteiger partial charge in [0.25, 0.3) is 0 Å². The summed E-state index contributed by atoms with van der Waals surface area (Å²) in [6, 6.07) is 0.00531. The molecule has 122 valence electrons. The first-order chi connectivity index (χ1) is 9.93. The van der Waals surface area contributed by atoms with Crippen LogP contribution in [0.1, 0.15) is 65.2 Å². The molecule has 0 aromatic heterocycles. The Kier molecular flexibility index (Phi) is 6.99. The smallest absolute Gasteiger partial charge is 0.317 e. The van der Waals surface area contributed by atoms with Crippen LogP contribution in [0.4, 0.5) is 4.79 Å². The van der Waals surface area contributed by atoms with Crippen molar-refractivity contribution in [3.63, 3.8) is 0 Å². The molecule has 1 atom stereocenters. The molecule has 2 amide bonds. The van der Waals surface area contributed by atoms with Crippen molar-refractivity contribution in [2.45, 2.75) is 71.3 Å². The summed E-state index contributed by atoms with van der Waals surface area (Å²) in [6.45, 7) is 4.35. The molecule has 5 nitrogen and oxygen atoms in total. The summed E-state index contributed by atoms with van der Waals surface area (Å²) in [5.41, 5.74) is -0.777. The van der Waals surface area contributed by atoms with E-state index in [-0.39, 0.29) is 18.6 Å². The zero-order chi connectivity index (χ0) is 15.9. The number of carboxylic acid groups (broad SMARTS) is 1. The summed E-state index contributed by atoms with van der Waals surface area (Å²) in [4.78, 5) is 25.5. The van der Waals surface area contributed by atoms with Crippen LogP contribution in [0.3, 0.4) is 0 Å². The van der Waals surface area contributed by atoms with Gasteiger partial charge in [0.2, 0.25) is 0 Å². The second-order valence-electron chi connectivity index (χ2n) is 6.41. The fraction of sp³-hybridized carbons (Fsp3) is 0.875. The number of hydrogen-bond donors (Lipinski definition) is 2. The highest BCUT2D eigenvalue weighted by molar-refractivity contribution is 5.78. The highest BCUT2D eigenvalue weighted by Crippen LogP contribution is 2.34. The maximum atomic E-state index is 12.2. The van der Waals surface area contributed by atoms with Crippen LogP contribution in [0.5, 0.6) is 0 Å². The van der Waals surface area contributed by atoms with Crippen molar-refractivity contribution >= 4 is 12.0 Å². The number of rotatable bonds is 6. The molecule has 0 aromatic carbocycles. The average Bonchev–Trinajstić information content (AvgIpc) is 2.70. The number of carbonyl (C=O) groups is 2. The number of carbonyl (C=O) groups excluding carboxylic acids is 1. The summed E-state index contributed by atoms with van der Waals surface area (Å²) in [5, 5.41) is 12.4. The molecule has 1 fully saturated rings. The number of carboxylic acids is 1. The molecule has 0 saturated heterocycles. The SMILES string of the molecule is CCCC(C)N(C)C(=O)NCC1(C(=O)O)CCCCCC1. The molecule has 0 aromatic rings. The first-order valence-corrected chi connectivity index (χ1v) is 8.17. The van der Waals surface area contributed by atoms with Gasteiger partial charge in [-0.2, -0.15) is 0 Å². The van der Waals surface area contributed by atoms with Gasteiger partial charge in [-0.05, 0) is 26.2 Å². The Labute approximate surface area is 128 Å². The zero-order valence-electron chi connectivity index (χ0n) is 13.7. The van der Waals surface area contributed by atoms with Gasteiger partial charge in [0.15, 0.2) is 0 Å². The third-order valence-corrected chi connectivity index (χ3v) is 4.78. The lowest BCUT2D eigenvalue weighted by molar-refractivity contribution is -0.149. The number of amides is 2. The number of aliphatic carboxylic acids is 1. The van der Waals surface area contributed by atoms with E-state index in [0.717, 1.165) is 38.5 Å². The van der Waals surface area contributed by atoms with Gasteiger partial charge in [0.05, 0.1) is 5.41 Å². The fourth-order valence-corrected chi connectivity index (χ4v) is 3.05. The fourth-order valence-electron chi connectivity index (χ4n) is 3.05. The third kappa shape index (κ3) is 4.90. The van der Waals surface area contributed by atoms with Crippen LogP contribution < -0.4 is 5.32 Å². The minimum absolute atomic E-state index is 0.166. The van der Waals surface area contributed by atoms with Gasteiger partial charge in [0, 0.05) is 19.6 Å². The summed E-state index contributed by atoms with van der Waals surface area (Å²) in [7, 11) is 1.77. The Morgan fingerprint density at radius 3 is 2.29 bits per heavy atom. The standard InChI is InChI=1S/C16H30N2O3/c1-4-9-13(2)18(3)15(21)17-12-16(14(19)20)10-7-5-6-8-11-16/h13H,4-12H2,1-3H3,(H,17,21)(H,19,20). The number of nitrogens with zero attached hydrogens (tertiary/aromatic N) is 1. The number of nitrogens with one attached hydrogen (secondary N) is 1. The van der Waals surface area contributed by atoms with Crippen LogP contribution in [0.15, 0.2) is 0 Å². The van der Waals surface area contributed by atoms with Crippen molar-refractivity contribution < 1.29 is 14.7 Å². The summed E-state index contributed by atoms with van der Waals surface area (Å²) in [6.07, 6.45) is 7.36. The van der Waals surface area contributed by atoms with Crippen molar-refractivity contribution in [1.82, 2.24) is 10.2 Å². The predicted octanol–water partition coefficient (Wildman–Crippen LogP) is 3.24. The quantitative estimate of drug-likeness (QED) is 0.740. The topological polar surface area (TPSA) is 69.6 Å². The lowest BCUT2D eigenvalue weighted by atomic mass is 9.80. The molecule has 2 N–H and O–H groups in total. The molecular formula is C16H30N2O3. The molecular weight excluding hydrogens is 268 g/mol. The summed E-state index contributed by atoms with van der Waals surface area (Å²) in [5.74, 6) is -0.769. The molecule has 0 bridgehead atoms. The second kappa shape index (κ2) is 8.25. The molecule has 1 aliphatic carbocycles. The van der Waals surface area contributed by atoms with E-state index in [2.05, 4.69) is 12.2 Å². The van der Waals surface area contributed by atoms with Gasteiger partial charge < -0.3 is 15.3 Å². The van der Waals surface area contributed by atoms with E-state index in [1.165, 1.54) is 0 Å². The van der Waals surface area contributed by atoms with Crippen molar-refractivity contribution in [2.75, 3.05) is 13.6 Å². The normalized spacial score (nSPS) is 19.4. The van der Waals surface area contributed by atoms with Gasteiger partial charge in [-0.25, -0.2) is 4.79 Å². The molecule has 21 heavy (non-hydrogen) atoms. The second-order valence-corrected chi connectivity index (χ2v) is 6.41. The molecule has 1 rings (SSSR count). The molecule has 0 spiro atoms. The van der Waals surface area contributed by atoms with Gasteiger partial charge in [-0.15, -0.1) is 0 Å². The highest BCUT2D eigenvalue weighted by atomic mass is 16.4. The summed E-state index contributed by atoms with van der Waals surface area (Å²) >= 11 is 0. The van der Waals surface area contributed by atoms with E-state index in [1.807, 2.05) is 6.92 Å². The predicted molar refractivity (Wildman–Crippen MR) is 83.3 cm³/mol. The van der Waals surface area contributed by atoms with Crippen LogP contribution in [-0.2, 0) is 4.79 Å². The Bertz CT molecular complexity index is 349. The molecule has 1 unspecified atom stereocenters. The minimum Gasteiger partial charge on any atom is -0.481 e. The van der Waals surface area contributed by atoms with E-state index in [0.29, 0.717) is 12.8 Å². The van der Waals surface area contributed by atoms with Crippen molar-refractivity contribution in [2.24, 2.45) is 5.41 Å². The van der Waals surface area contributed by atoms with Gasteiger partial charge in [-0.3, -0.25) is 4.79 Å². The molecule has 1 saturated carbocycles. The van der Waals surface area contributed by atoms with Crippen LogP contribution in [0.2, 0.25) is 0 Å². The van der Waals surface area contributed by atoms with Crippen molar-refractivity contribution in [1.29, 1.82) is 0 Å². The molecule has 5 heteroatoms. The maximum Gasteiger partial charge on any atom is 0.317 e. The number of hydrogen-bond acceptors (Lipinski definition) is 2. The first-order valence-electron chi connectivity index (χ1n) is 8.17. The average molecular weight is 298 g/mol. The Morgan fingerprint density at radius 1 is 1.24 bits per heavy atom. The lowest BCUT2D eigenvalue weighted by Gasteiger charge is -2.31. The molecule has 0 radical (unpaired) electrons. The largest absolute Gasteiger partial charge is 0.481 e. The Balaban J connectivity index is 2.60. The Hall–Kier alpha value is -1.26.